The highest BCUT2D eigenvalue weighted by molar-refractivity contribution is 5.97. The van der Waals surface area contributed by atoms with Crippen molar-refractivity contribution in [2.45, 2.75) is 79.1 Å². The normalized spacial score (nSPS) is 21.8. The highest BCUT2D eigenvalue weighted by Gasteiger charge is 2.28. The smallest absolute Gasteiger partial charge is 0.253 e. The average molecular weight is 443 g/mol. The largest absolute Gasteiger partial charge is 0.382 e. The maximum Gasteiger partial charge on any atom is 0.253 e. The number of pyridine rings is 1. The lowest BCUT2D eigenvalue weighted by molar-refractivity contribution is 0.0949. The number of nitrogens with one attached hydrogen (secondary N) is 4. The summed E-state index contributed by atoms with van der Waals surface area (Å²) in [4.78, 5) is 27.9. The quantitative estimate of drug-likeness (QED) is 0.546. The molecule has 1 amide bonds. The lowest BCUT2D eigenvalue weighted by Gasteiger charge is -2.37. The van der Waals surface area contributed by atoms with Gasteiger partial charge in [-0.3, -0.25) is 9.59 Å². The molecule has 1 aromatic carbocycles. The molecule has 32 heavy (non-hydrogen) atoms. The number of aromatic nitrogens is 1. The number of benzene rings is 1. The molecule has 0 radical (unpaired) electrons. The molecule has 7 heteroatoms. The Morgan fingerprint density at radius 2 is 1.81 bits per heavy atom. The lowest BCUT2D eigenvalue weighted by Crippen LogP contribution is -2.46. The second-order valence-electron chi connectivity index (χ2n) is 9.38. The van der Waals surface area contributed by atoms with Gasteiger partial charge in [-0.15, -0.1) is 0 Å². The van der Waals surface area contributed by atoms with Gasteiger partial charge < -0.3 is 20.9 Å². The van der Waals surface area contributed by atoms with Gasteiger partial charge in [-0.05, 0) is 89.6 Å². The van der Waals surface area contributed by atoms with E-state index in [9.17, 15) is 14.0 Å². The molecule has 174 valence electrons. The van der Waals surface area contributed by atoms with Gasteiger partial charge in [-0.1, -0.05) is 0 Å². The molecular formula is C25H35FN4O2. The maximum absolute atomic E-state index is 14.4. The van der Waals surface area contributed by atoms with E-state index in [1.165, 1.54) is 12.1 Å². The van der Waals surface area contributed by atoms with Crippen molar-refractivity contribution >= 4 is 11.6 Å². The van der Waals surface area contributed by atoms with Crippen LogP contribution in [0.15, 0.2) is 23.0 Å². The van der Waals surface area contributed by atoms with Crippen LogP contribution in [0.1, 0.15) is 66.4 Å². The molecule has 3 rings (SSSR count). The monoisotopic (exact) mass is 442 g/mol. The van der Waals surface area contributed by atoms with E-state index < -0.39 is 11.7 Å². The summed E-state index contributed by atoms with van der Waals surface area (Å²) in [6.07, 6.45) is 2.09. The van der Waals surface area contributed by atoms with E-state index in [1.54, 1.807) is 0 Å². The highest BCUT2D eigenvalue weighted by Crippen LogP contribution is 2.28. The van der Waals surface area contributed by atoms with Crippen LogP contribution in [0.2, 0.25) is 0 Å². The van der Waals surface area contributed by atoms with Crippen molar-refractivity contribution in [1.29, 1.82) is 0 Å². The van der Waals surface area contributed by atoms with Gasteiger partial charge in [0.2, 0.25) is 0 Å². The Hall–Kier alpha value is -2.67. The number of carbonyl (C=O) groups is 1. The van der Waals surface area contributed by atoms with Crippen molar-refractivity contribution in [3.63, 3.8) is 0 Å². The predicted molar refractivity (Wildman–Crippen MR) is 127 cm³/mol. The zero-order valence-corrected chi connectivity index (χ0v) is 19.9. The number of H-pyrrole nitrogens is 1. The number of halogens is 1. The van der Waals surface area contributed by atoms with Gasteiger partial charge in [0.15, 0.2) is 0 Å². The van der Waals surface area contributed by atoms with Crippen molar-refractivity contribution in [1.82, 2.24) is 15.6 Å². The minimum Gasteiger partial charge on any atom is -0.382 e. The molecule has 1 saturated heterocycles. The average Bonchev–Trinajstić information content (AvgIpc) is 2.68. The Balaban J connectivity index is 1.75. The van der Waals surface area contributed by atoms with Gasteiger partial charge in [-0.2, -0.15) is 0 Å². The number of hydrogen-bond acceptors (Lipinski definition) is 4. The number of piperidine rings is 1. The fourth-order valence-corrected chi connectivity index (χ4v) is 4.83. The molecular weight excluding hydrogens is 407 g/mol. The molecule has 0 saturated carbocycles. The van der Waals surface area contributed by atoms with E-state index in [4.69, 9.17) is 0 Å². The van der Waals surface area contributed by atoms with E-state index in [0.29, 0.717) is 34.8 Å². The van der Waals surface area contributed by atoms with E-state index in [2.05, 4.69) is 41.7 Å². The highest BCUT2D eigenvalue weighted by atomic mass is 19.1. The van der Waals surface area contributed by atoms with Gasteiger partial charge in [-0.25, -0.2) is 4.39 Å². The van der Waals surface area contributed by atoms with Gasteiger partial charge >= 0.3 is 0 Å². The van der Waals surface area contributed by atoms with Crippen LogP contribution in [0.3, 0.4) is 0 Å². The molecule has 3 atom stereocenters. The van der Waals surface area contributed by atoms with Crippen LogP contribution in [-0.2, 0) is 6.54 Å². The first-order valence-electron chi connectivity index (χ1n) is 11.4. The van der Waals surface area contributed by atoms with Gasteiger partial charge in [0.25, 0.3) is 11.5 Å². The van der Waals surface area contributed by atoms with Crippen LogP contribution >= 0.6 is 0 Å². The van der Waals surface area contributed by atoms with E-state index >= 15 is 0 Å². The third kappa shape index (κ3) is 5.57. The molecule has 0 aliphatic carbocycles. The standard InChI is InChI=1S/C25H35FN4O2/c1-13-7-14(2)29-25(32)22(13)12-27-24(31)21-10-20(26)11-23(17(21)5)30-18(6)19-8-15(3)28-16(4)9-19/h7,10-11,15-16,18-19,28,30H,8-9,12H2,1-6H3,(H,27,31)(H,29,32). The van der Waals surface area contributed by atoms with Crippen molar-refractivity contribution < 1.29 is 9.18 Å². The number of aryl methyl sites for hydroxylation is 2. The summed E-state index contributed by atoms with van der Waals surface area (Å²) in [5.41, 5.74) is 3.45. The minimum atomic E-state index is -0.466. The minimum absolute atomic E-state index is 0.0836. The van der Waals surface area contributed by atoms with Gasteiger partial charge in [0, 0.05) is 47.2 Å². The van der Waals surface area contributed by atoms with E-state index in [-0.39, 0.29) is 23.7 Å². The number of anilines is 1. The molecule has 2 aromatic rings. The predicted octanol–water partition coefficient (Wildman–Crippen LogP) is 3.95. The number of aromatic amines is 1. The Labute approximate surface area is 189 Å². The molecule has 1 aromatic heterocycles. The summed E-state index contributed by atoms with van der Waals surface area (Å²) in [5, 5.41) is 9.78. The summed E-state index contributed by atoms with van der Waals surface area (Å²) in [5.74, 6) is -0.412. The van der Waals surface area contributed by atoms with Crippen LogP contribution in [-0.4, -0.2) is 29.0 Å². The molecule has 1 fully saturated rings. The third-order valence-electron chi connectivity index (χ3n) is 6.51. The summed E-state index contributed by atoms with van der Waals surface area (Å²) in [7, 11) is 0. The fraction of sp³-hybridized carbons (Fsp3) is 0.520. The fourth-order valence-electron chi connectivity index (χ4n) is 4.83. The Morgan fingerprint density at radius 3 is 2.44 bits per heavy atom. The van der Waals surface area contributed by atoms with E-state index in [1.807, 2.05) is 26.8 Å². The van der Waals surface area contributed by atoms with Crippen LogP contribution in [0.4, 0.5) is 10.1 Å². The Bertz CT molecular complexity index is 1040. The number of amides is 1. The zero-order valence-electron chi connectivity index (χ0n) is 19.9. The number of carbonyl (C=O) groups excluding carboxylic acids is 1. The first-order valence-corrected chi connectivity index (χ1v) is 11.4. The maximum atomic E-state index is 14.4. The first-order chi connectivity index (χ1) is 15.0. The Morgan fingerprint density at radius 1 is 1.16 bits per heavy atom. The summed E-state index contributed by atoms with van der Waals surface area (Å²) >= 11 is 0. The summed E-state index contributed by atoms with van der Waals surface area (Å²) in [6, 6.07) is 5.59. The lowest BCUT2D eigenvalue weighted by atomic mass is 9.84. The second-order valence-corrected chi connectivity index (χ2v) is 9.38. The first kappa shape index (κ1) is 24.0. The number of hydrogen-bond donors (Lipinski definition) is 4. The van der Waals surface area contributed by atoms with Crippen LogP contribution in [0.25, 0.3) is 0 Å². The van der Waals surface area contributed by atoms with Crippen LogP contribution < -0.4 is 21.5 Å². The van der Waals surface area contributed by atoms with Crippen molar-refractivity contribution in [2.75, 3.05) is 5.32 Å². The van der Waals surface area contributed by atoms with Crippen molar-refractivity contribution in [2.24, 2.45) is 5.92 Å². The SMILES string of the molecule is Cc1cc(C)c(CNC(=O)c2cc(F)cc(NC(C)C3CC(C)NC(C)C3)c2C)c(=O)[nH]1. The second kappa shape index (κ2) is 9.86. The third-order valence-corrected chi connectivity index (χ3v) is 6.51. The molecule has 3 unspecified atom stereocenters. The summed E-state index contributed by atoms with van der Waals surface area (Å²) in [6.45, 7) is 12.0. The van der Waals surface area contributed by atoms with Crippen molar-refractivity contribution in [3.8, 4) is 0 Å². The summed E-state index contributed by atoms with van der Waals surface area (Å²) < 4.78 is 14.4. The molecule has 1 aliphatic rings. The topological polar surface area (TPSA) is 86.0 Å². The van der Waals surface area contributed by atoms with Gasteiger partial charge in [0.1, 0.15) is 5.82 Å². The molecule has 6 nitrogen and oxygen atoms in total. The zero-order chi connectivity index (χ0) is 23.6. The van der Waals surface area contributed by atoms with Gasteiger partial charge in [0.05, 0.1) is 0 Å². The van der Waals surface area contributed by atoms with Crippen LogP contribution in [0, 0.1) is 32.5 Å². The van der Waals surface area contributed by atoms with Crippen LogP contribution in [0.5, 0.6) is 0 Å². The van der Waals surface area contributed by atoms with Crippen molar-refractivity contribution in [3.05, 3.63) is 62.3 Å². The molecule has 0 spiro atoms. The molecule has 4 N–H and O–H groups in total. The number of rotatable bonds is 6. The van der Waals surface area contributed by atoms with E-state index in [0.717, 1.165) is 24.1 Å². The molecule has 2 heterocycles. The molecule has 1 aliphatic heterocycles. The Kier molecular flexibility index (Phi) is 7.39. The molecule has 0 bridgehead atoms.